The first-order valence-electron chi connectivity index (χ1n) is 10.6. The Kier molecular flexibility index (Phi) is 8.91. The molecule has 3 aromatic carbocycles. The highest BCUT2D eigenvalue weighted by Crippen LogP contribution is 2.42. The number of benzene rings is 3. The lowest BCUT2D eigenvalue weighted by Gasteiger charge is -2.39. The fraction of sp³-hybridized carbons (Fsp3) is 0.214. The molecule has 0 saturated carbocycles. The van der Waals surface area contributed by atoms with Gasteiger partial charge in [-0.2, -0.15) is 0 Å². The molecular formula is C28H29IO. The quantitative estimate of drug-likeness (QED) is 0.153. The second kappa shape index (κ2) is 11.9. The molecule has 0 spiro atoms. The van der Waals surface area contributed by atoms with Crippen LogP contribution in [-0.4, -0.2) is 6.10 Å². The Labute approximate surface area is 194 Å². The van der Waals surface area contributed by atoms with Crippen LogP contribution in [0.1, 0.15) is 42.9 Å². The lowest BCUT2D eigenvalue weighted by molar-refractivity contribution is -0.0442. The Morgan fingerprint density at radius 2 is 1.13 bits per heavy atom. The van der Waals surface area contributed by atoms with Crippen LogP contribution in [0, 0.1) is 0 Å². The summed E-state index contributed by atoms with van der Waals surface area (Å²) in [5.41, 5.74) is 2.76. The molecule has 0 N–H and O–H groups in total. The van der Waals surface area contributed by atoms with Crippen LogP contribution in [0.2, 0.25) is 0 Å². The van der Waals surface area contributed by atoms with Gasteiger partial charge in [-0.1, -0.05) is 139 Å². The minimum atomic E-state index is -0.673. The molecule has 0 aromatic heterocycles. The highest BCUT2D eigenvalue weighted by Gasteiger charge is 2.39. The van der Waals surface area contributed by atoms with Crippen LogP contribution in [0.4, 0.5) is 0 Å². The number of hydrogen-bond acceptors (Lipinski definition) is 1. The molecule has 2 heteroatoms. The van der Waals surface area contributed by atoms with Gasteiger partial charge in [0.15, 0.2) is 0 Å². The first-order valence-corrected chi connectivity index (χ1v) is 11.8. The second-order valence-corrected chi connectivity index (χ2v) is 7.95. The zero-order valence-corrected chi connectivity index (χ0v) is 19.6. The number of ether oxygens (including phenoxy) is 1. The van der Waals surface area contributed by atoms with E-state index in [9.17, 15) is 0 Å². The third kappa shape index (κ3) is 5.50. The van der Waals surface area contributed by atoms with Crippen molar-refractivity contribution in [2.75, 3.05) is 0 Å². The molecule has 0 heterocycles. The molecule has 0 bridgehead atoms. The molecule has 30 heavy (non-hydrogen) atoms. The molecule has 154 valence electrons. The Bertz CT molecular complexity index is 820. The van der Waals surface area contributed by atoms with E-state index >= 15 is 0 Å². The predicted molar refractivity (Wildman–Crippen MR) is 136 cm³/mol. The molecule has 0 aliphatic rings. The monoisotopic (exact) mass is 508 g/mol. The molecule has 0 fully saturated rings. The van der Waals surface area contributed by atoms with Gasteiger partial charge >= 0.3 is 0 Å². The summed E-state index contributed by atoms with van der Waals surface area (Å²) in [6.07, 6.45) is 9.50. The van der Waals surface area contributed by atoms with Gasteiger partial charge in [0.25, 0.3) is 0 Å². The molecule has 1 unspecified atom stereocenters. The van der Waals surface area contributed by atoms with Crippen LogP contribution in [0.3, 0.4) is 0 Å². The van der Waals surface area contributed by atoms with Gasteiger partial charge in [-0.3, -0.25) is 0 Å². The van der Waals surface area contributed by atoms with Gasteiger partial charge in [0.1, 0.15) is 5.60 Å². The van der Waals surface area contributed by atoms with Gasteiger partial charge < -0.3 is 4.74 Å². The fourth-order valence-electron chi connectivity index (χ4n) is 3.78. The topological polar surface area (TPSA) is 9.23 Å². The van der Waals surface area contributed by atoms with Crippen LogP contribution in [0.25, 0.3) is 0 Å². The Hall–Kier alpha value is -2.17. The van der Waals surface area contributed by atoms with Crippen molar-refractivity contribution in [2.45, 2.75) is 37.9 Å². The van der Waals surface area contributed by atoms with Gasteiger partial charge in [0.05, 0.1) is 6.10 Å². The van der Waals surface area contributed by atoms with E-state index in [1.807, 2.05) is 0 Å². The largest absolute Gasteiger partial charge is 0.357 e. The molecule has 1 nitrogen and oxygen atoms in total. The van der Waals surface area contributed by atoms with Gasteiger partial charge in [0.2, 0.25) is 0 Å². The van der Waals surface area contributed by atoms with E-state index in [2.05, 4.69) is 143 Å². The number of halogens is 1. The van der Waals surface area contributed by atoms with Crippen molar-refractivity contribution in [1.82, 2.24) is 0 Å². The number of hydrogen-bond donors (Lipinski definition) is 0. The van der Waals surface area contributed by atoms with Crippen molar-refractivity contribution in [3.8, 4) is 0 Å². The summed E-state index contributed by atoms with van der Waals surface area (Å²) in [7, 11) is 0. The summed E-state index contributed by atoms with van der Waals surface area (Å²) < 4.78 is 9.22. The van der Waals surface area contributed by atoms with Crippen LogP contribution in [-0.2, 0) is 10.3 Å². The average Bonchev–Trinajstić information content (AvgIpc) is 2.82. The predicted octanol–water partition coefficient (Wildman–Crippen LogP) is 8.06. The third-order valence-corrected chi connectivity index (χ3v) is 5.68. The van der Waals surface area contributed by atoms with E-state index in [1.165, 1.54) is 0 Å². The molecule has 0 radical (unpaired) electrons. The van der Waals surface area contributed by atoms with E-state index in [4.69, 9.17) is 4.74 Å². The van der Waals surface area contributed by atoms with Crippen molar-refractivity contribution in [2.24, 2.45) is 0 Å². The van der Waals surface area contributed by atoms with Crippen molar-refractivity contribution >= 4 is 22.6 Å². The molecule has 0 amide bonds. The van der Waals surface area contributed by atoms with E-state index in [0.717, 1.165) is 36.0 Å². The Balaban J connectivity index is 2.18. The summed E-state index contributed by atoms with van der Waals surface area (Å²) in [4.78, 5) is 0. The lowest BCUT2D eigenvalue weighted by atomic mass is 9.79. The summed E-state index contributed by atoms with van der Waals surface area (Å²) in [5.74, 6) is 0. The molecule has 0 aliphatic carbocycles. The number of allylic oxidation sites excluding steroid dienone is 1. The van der Waals surface area contributed by atoms with Gasteiger partial charge in [-0.05, 0) is 40.0 Å². The van der Waals surface area contributed by atoms with Gasteiger partial charge in [-0.15, -0.1) is 0 Å². The zero-order chi connectivity index (χ0) is 21.1. The summed E-state index contributed by atoms with van der Waals surface area (Å²) in [6, 6.07) is 31.8. The highest BCUT2D eigenvalue weighted by atomic mass is 127. The Morgan fingerprint density at radius 3 is 1.53 bits per heavy atom. The van der Waals surface area contributed by atoms with Crippen LogP contribution < -0.4 is 0 Å². The van der Waals surface area contributed by atoms with E-state index in [0.29, 0.717) is 0 Å². The van der Waals surface area contributed by atoms with Gasteiger partial charge in [-0.25, -0.2) is 0 Å². The van der Waals surface area contributed by atoms with Gasteiger partial charge in [0, 0.05) is 0 Å². The Morgan fingerprint density at radius 1 is 0.700 bits per heavy atom. The van der Waals surface area contributed by atoms with Crippen LogP contribution >= 0.6 is 22.6 Å². The fourth-order valence-corrected chi connectivity index (χ4v) is 4.08. The third-order valence-electron chi connectivity index (χ3n) is 5.17. The van der Waals surface area contributed by atoms with Crippen molar-refractivity contribution in [3.63, 3.8) is 0 Å². The van der Waals surface area contributed by atoms with Crippen molar-refractivity contribution < 1.29 is 4.74 Å². The molecule has 3 aromatic rings. The second-order valence-electron chi connectivity index (χ2n) is 7.23. The highest BCUT2D eigenvalue weighted by molar-refractivity contribution is 14.1. The lowest BCUT2D eigenvalue weighted by Crippen LogP contribution is -2.36. The summed E-state index contributed by atoms with van der Waals surface area (Å²) in [6.45, 7) is 2.17. The average molecular weight is 508 g/mol. The first kappa shape index (κ1) is 22.5. The summed E-state index contributed by atoms with van der Waals surface area (Å²) >= 11 is 2.28. The maximum atomic E-state index is 7.14. The SMILES string of the molecule is CC/C=C\CC(C/C=C/I)OC(c1ccccc1)(c1ccccc1)c1ccccc1. The maximum absolute atomic E-state index is 7.14. The van der Waals surface area contributed by atoms with Crippen molar-refractivity contribution in [3.05, 3.63) is 130 Å². The van der Waals surface area contributed by atoms with Crippen LogP contribution in [0.15, 0.2) is 113 Å². The van der Waals surface area contributed by atoms with E-state index in [-0.39, 0.29) is 6.10 Å². The van der Waals surface area contributed by atoms with Crippen molar-refractivity contribution in [1.29, 1.82) is 0 Å². The molecule has 0 aliphatic heterocycles. The zero-order valence-electron chi connectivity index (χ0n) is 17.5. The summed E-state index contributed by atoms with van der Waals surface area (Å²) in [5, 5.41) is 0. The minimum Gasteiger partial charge on any atom is -0.357 e. The minimum absolute atomic E-state index is 0.0550. The smallest absolute Gasteiger partial charge is 0.144 e. The van der Waals surface area contributed by atoms with E-state index < -0.39 is 5.60 Å². The standard InChI is InChI=1S/C28H29IO/c1-2-3-7-21-27(22-14-23-29)30-28(24-15-8-4-9-16-24,25-17-10-5-11-18-25)26-19-12-6-13-20-26/h3-20,23,27H,2,21-22H2,1H3/b7-3-,23-14+. The maximum Gasteiger partial charge on any atom is 0.144 e. The molecule has 3 rings (SSSR count). The number of rotatable bonds is 10. The molecule has 0 saturated heterocycles. The first-order chi connectivity index (χ1) is 14.8. The van der Waals surface area contributed by atoms with E-state index in [1.54, 1.807) is 0 Å². The molecule has 1 atom stereocenters. The normalized spacial score (nSPS) is 13.1. The molecular weight excluding hydrogens is 479 g/mol. The van der Waals surface area contributed by atoms with Crippen LogP contribution in [0.5, 0.6) is 0 Å².